The Labute approximate surface area is 116 Å². The smallest absolute Gasteiger partial charge is 0.141 e. The lowest BCUT2D eigenvalue weighted by Gasteiger charge is -2.50. The summed E-state index contributed by atoms with van der Waals surface area (Å²) in [6, 6.07) is 10.6. The Morgan fingerprint density at radius 3 is 2.72 bits per heavy atom. The molecule has 4 rings (SSSR count). The number of hydrogen-bond acceptors (Lipinski definition) is 3. The van der Waals surface area contributed by atoms with Gasteiger partial charge in [0, 0.05) is 16.7 Å². The van der Waals surface area contributed by atoms with Crippen molar-refractivity contribution in [3.8, 4) is 6.07 Å². The summed E-state index contributed by atoms with van der Waals surface area (Å²) >= 11 is 3.47. The van der Waals surface area contributed by atoms with Gasteiger partial charge in [0.15, 0.2) is 0 Å². The maximum atomic E-state index is 9.64. The van der Waals surface area contributed by atoms with E-state index in [0.29, 0.717) is 5.92 Å². The fourth-order valence-electron chi connectivity index (χ4n) is 3.19. The van der Waals surface area contributed by atoms with E-state index >= 15 is 0 Å². The van der Waals surface area contributed by atoms with Crippen molar-refractivity contribution in [1.82, 2.24) is 4.90 Å². The third-order valence-electron chi connectivity index (χ3n) is 4.15. The molecule has 1 atom stereocenters. The number of piperidine rings is 3. The largest absolute Gasteiger partial charge is 0.366 e. The van der Waals surface area contributed by atoms with E-state index in [2.05, 4.69) is 32.2 Å². The quantitative estimate of drug-likeness (QED) is 0.913. The zero-order chi connectivity index (χ0) is 12.6. The van der Waals surface area contributed by atoms with Crippen molar-refractivity contribution >= 4 is 21.6 Å². The highest BCUT2D eigenvalue weighted by molar-refractivity contribution is 9.10. The van der Waals surface area contributed by atoms with Crippen molar-refractivity contribution in [1.29, 1.82) is 5.26 Å². The van der Waals surface area contributed by atoms with Gasteiger partial charge in [0.25, 0.3) is 0 Å². The second-order valence-corrected chi connectivity index (χ2v) is 6.18. The highest BCUT2D eigenvalue weighted by Crippen LogP contribution is 2.37. The maximum Gasteiger partial charge on any atom is 0.141 e. The summed E-state index contributed by atoms with van der Waals surface area (Å²) in [6.07, 6.45) is 2.27. The lowest BCUT2D eigenvalue weighted by molar-refractivity contribution is 0.0675. The topological polar surface area (TPSA) is 39.1 Å². The molecule has 94 valence electrons. The number of fused-ring (bicyclic) bond motifs is 3. The Morgan fingerprint density at radius 2 is 2.17 bits per heavy atom. The van der Waals surface area contributed by atoms with E-state index in [1.54, 1.807) is 0 Å². The number of halogens is 1. The van der Waals surface area contributed by atoms with Crippen molar-refractivity contribution in [2.24, 2.45) is 5.92 Å². The number of nitrogens with one attached hydrogen (secondary N) is 1. The maximum absolute atomic E-state index is 9.64. The van der Waals surface area contributed by atoms with Crippen LogP contribution in [0.5, 0.6) is 0 Å². The van der Waals surface area contributed by atoms with Gasteiger partial charge in [0.2, 0.25) is 0 Å². The molecule has 1 aromatic rings. The van der Waals surface area contributed by atoms with Crippen molar-refractivity contribution < 1.29 is 0 Å². The molecule has 18 heavy (non-hydrogen) atoms. The minimum absolute atomic E-state index is 0.405. The Hall–Kier alpha value is -1.05. The Balaban J connectivity index is 1.87. The Morgan fingerprint density at radius 1 is 1.39 bits per heavy atom. The molecule has 1 N–H and O–H groups in total. The summed E-state index contributed by atoms with van der Waals surface area (Å²) < 4.78 is 1.04. The summed E-state index contributed by atoms with van der Waals surface area (Å²) in [6.45, 7) is 3.14. The van der Waals surface area contributed by atoms with Gasteiger partial charge in [-0.25, -0.2) is 0 Å². The van der Waals surface area contributed by atoms with Crippen molar-refractivity contribution in [3.05, 3.63) is 28.7 Å². The van der Waals surface area contributed by atoms with Gasteiger partial charge in [0.1, 0.15) is 5.54 Å². The molecule has 3 heterocycles. The lowest BCUT2D eigenvalue weighted by atomic mass is 9.73. The van der Waals surface area contributed by atoms with Crippen LogP contribution < -0.4 is 5.32 Å². The zero-order valence-corrected chi connectivity index (χ0v) is 11.8. The van der Waals surface area contributed by atoms with Gasteiger partial charge in [-0.05, 0) is 50.0 Å². The van der Waals surface area contributed by atoms with Crippen molar-refractivity contribution in [3.63, 3.8) is 0 Å². The summed E-state index contributed by atoms with van der Waals surface area (Å²) in [4.78, 5) is 2.40. The van der Waals surface area contributed by atoms with Gasteiger partial charge in [-0.2, -0.15) is 5.26 Å². The number of benzene rings is 1. The van der Waals surface area contributed by atoms with Gasteiger partial charge in [-0.15, -0.1) is 0 Å². The van der Waals surface area contributed by atoms with Crippen molar-refractivity contribution in [2.75, 3.05) is 25.0 Å². The van der Waals surface area contributed by atoms with Crippen LogP contribution in [0.15, 0.2) is 28.7 Å². The molecular formula is C14H16BrN3. The third kappa shape index (κ3) is 2.02. The highest BCUT2D eigenvalue weighted by Gasteiger charge is 2.47. The minimum atomic E-state index is -0.405. The fraction of sp³-hybridized carbons (Fsp3) is 0.500. The van der Waals surface area contributed by atoms with Gasteiger partial charge < -0.3 is 5.32 Å². The second kappa shape index (κ2) is 4.56. The number of rotatable bonds is 2. The van der Waals surface area contributed by atoms with E-state index in [4.69, 9.17) is 0 Å². The Kier molecular flexibility index (Phi) is 3.04. The highest BCUT2D eigenvalue weighted by atomic mass is 79.9. The van der Waals surface area contributed by atoms with E-state index in [9.17, 15) is 5.26 Å². The molecule has 0 spiro atoms. The van der Waals surface area contributed by atoms with Crippen LogP contribution >= 0.6 is 15.9 Å². The molecular weight excluding hydrogens is 290 g/mol. The van der Waals surface area contributed by atoms with Crippen LogP contribution in [-0.2, 0) is 0 Å². The van der Waals surface area contributed by atoms with Crippen LogP contribution in [0.1, 0.15) is 12.8 Å². The monoisotopic (exact) mass is 305 g/mol. The standard InChI is InChI=1S/C14H16BrN3/c15-12-2-1-3-13(8-12)17-14(9-16)10-18-6-4-11(14)5-7-18/h1-3,8,11,17H,4-7,10H2. The minimum Gasteiger partial charge on any atom is -0.366 e. The van der Waals surface area contributed by atoms with Crippen LogP contribution in [0.4, 0.5) is 5.69 Å². The molecule has 3 aliphatic rings. The fourth-order valence-corrected chi connectivity index (χ4v) is 3.58. The molecule has 0 saturated carbocycles. The number of anilines is 1. The molecule has 3 aliphatic heterocycles. The molecule has 0 amide bonds. The average Bonchev–Trinajstić information content (AvgIpc) is 2.40. The summed E-state index contributed by atoms with van der Waals surface area (Å²) in [7, 11) is 0. The van der Waals surface area contributed by atoms with Crippen LogP contribution in [-0.4, -0.2) is 30.1 Å². The summed E-state index contributed by atoms with van der Waals surface area (Å²) in [5.41, 5.74) is 0.622. The normalized spacial score (nSPS) is 34.0. The molecule has 1 unspecified atom stereocenters. The first-order valence-corrected chi connectivity index (χ1v) is 7.18. The molecule has 3 saturated heterocycles. The number of hydrogen-bond donors (Lipinski definition) is 1. The van der Waals surface area contributed by atoms with Crippen LogP contribution in [0.25, 0.3) is 0 Å². The van der Waals surface area contributed by atoms with E-state index < -0.39 is 5.54 Å². The first-order chi connectivity index (χ1) is 8.72. The van der Waals surface area contributed by atoms with Gasteiger partial charge in [-0.3, -0.25) is 4.90 Å². The third-order valence-corrected chi connectivity index (χ3v) is 4.64. The predicted octanol–water partition coefficient (Wildman–Crippen LogP) is 2.85. The van der Waals surface area contributed by atoms with Gasteiger partial charge in [-0.1, -0.05) is 22.0 Å². The number of nitrogens with zero attached hydrogens (tertiary/aromatic N) is 2. The van der Waals surface area contributed by atoms with Gasteiger partial charge in [0.05, 0.1) is 6.07 Å². The second-order valence-electron chi connectivity index (χ2n) is 5.27. The van der Waals surface area contributed by atoms with E-state index in [-0.39, 0.29) is 0 Å². The van der Waals surface area contributed by atoms with E-state index in [0.717, 1.165) is 42.6 Å². The average molecular weight is 306 g/mol. The molecule has 3 nitrogen and oxygen atoms in total. The van der Waals surface area contributed by atoms with Gasteiger partial charge >= 0.3 is 0 Å². The van der Waals surface area contributed by atoms with Crippen LogP contribution in [0.2, 0.25) is 0 Å². The molecule has 3 fully saturated rings. The number of nitriles is 1. The van der Waals surface area contributed by atoms with Crippen LogP contribution in [0.3, 0.4) is 0 Å². The lowest BCUT2D eigenvalue weighted by Crippen LogP contribution is -2.62. The Bertz CT molecular complexity index is 488. The van der Waals surface area contributed by atoms with E-state index in [1.165, 1.54) is 0 Å². The zero-order valence-electron chi connectivity index (χ0n) is 10.2. The first kappa shape index (κ1) is 12.0. The summed E-state index contributed by atoms with van der Waals surface area (Å²) in [5, 5.41) is 13.1. The molecule has 1 aromatic carbocycles. The molecule has 2 bridgehead atoms. The van der Waals surface area contributed by atoms with E-state index in [1.807, 2.05) is 24.3 Å². The molecule has 0 aromatic heterocycles. The van der Waals surface area contributed by atoms with Crippen LogP contribution in [0, 0.1) is 17.2 Å². The molecule has 0 aliphatic carbocycles. The summed E-state index contributed by atoms with van der Waals surface area (Å²) in [5.74, 6) is 0.478. The first-order valence-electron chi connectivity index (χ1n) is 6.39. The predicted molar refractivity (Wildman–Crippen MR) is 75.3 cm³/mol. The molecule has 0 radical (unpaired) electrons. The molecule has 4 heteroatoms. The van der Waals surface area contributed by atoms with Crippen molar-refractivity contribution in [2.45, 2.75) is 18.4 Å². The SMILES string of the molecule is N#CC1(Nc2cccc(Br)c2)CN2CCC1CC2.